The monoisotopic (exact) mass is 418 g/mol. The summed E-state index contributed by atoms with van der Waals surface area (Å²) < 4.78 is 37.3. The van der Waals surface area contributed by atoms with E-state index in [0.29, 0.717) is 30.2 Å². The average molecular weight is 419 g/mol. The highest BCUT2D eigenvalue weighted by Crippen LogP contribution is 2.23. The van der Waals surface area contributed by atoms with Gasteiger partial charge in [0.05, 0.1) is 19.1 Å². The minimum atomic E-state index is -3.45. The zero-order chi connectivity index (χ0) is 20.9. The van der Waals surface area contributed by atoms with Crippen LogP contribution in [0.5, 0.6) is 11.5 Å². The number of hydrogen-bond acceptors (Lipinski definition) is 5. The van der Waals surface area contributed by atoms with Gasteiger partial charge in [-0.2, -0.15) is 4.31 Å². The minimum Gasteiger partial charge on any atom is -0.497 e. The van der Waals surface area contributed by atoms with Crippen LogP contribution < -0.4 is 14.8 Å². The van der Waals surface area contributed by atoms with E-state index in [1.165, 1.54) is 14.2 Å². The molecule has 1 aliphatic heterocycles. The van der Waals surface area contributed by atoms with Gasteiger partial charge >= 0.3 is 0 Å². The number of hydrogen-bond donors (Lipinski definition) is 1. The number of rotatable bonds is 7. The Morgan fingerprint density at radius 3 is 2.10 bits per heavy atom. The molecule has 1 saturated heterocycles. The molecule has 8 heteroatoms. The van der Waals surface area contributed by atoms with Crippen LogP contribution in [-0.2, 0) is 16.6 Å². The van der Waals surface area contributed by atoms with E-state index in [0.717, 1.165) is 24.8 Å². The number of methoxy groups -OCH3 is 2. The number of carbonyl (C=O) groups is 1. The van der Waals surface area contributed by atoms with Crippen molar-refractivity contribution in [1.82, 2.24) is 9.62 Å². The van der Waals surface area contributed by atoms with Gasteiger partial charge in [-0.05, 0) is 42.7 Å². The average Bonchev–Trinajstić information content (AvgIpc) is 2.77. The Morgan fingerprint density at radius 1 is 0.966 bits per heavy atom. The second kappa shape index (κ2) is 9.28. The third kappa shape index (κ3) is 5.07. The van der Waals surface area contributed by atoms with Crippen LogP contribution >= 0.6 is 0 Å². The maximum atomic E-state index is 12.7. The Hall–Kier alpha value is -2.58. The van der Waals surface area contributed by atoms with Crippen LogP contribution in [0.25, 0.3) is 0 Å². The molecule has 3 rings (SSSR count). The molecule has 1 heterocycles. The van der Waals surface area contributed by atoms with Gasteiger partial charge < -0.3 is 14.8 Å². The second-order valence-electron chi connectivity index (χ2n) is 6.89. The molecule has 1 fully saturated rings. The highest BCUT2D eigenvalue weighted by molar-refractivity contribution is 7.89. The first kappa shape index (κ1) is 21.1. The van der Waals surface area contributed by atoms with Crippen molar-refractivity contribution in [2.45, 2.75) is 30.7 Å². The molecule has 1 N–H and O–H groups in total. The van der Waals surface area contributed by atoms with Gasteiger partial charge in [-0.25, -0.2) is 8.42 Å². The first-order valence-corrected chi connectivity index (χ1v) is 11.0. The van der Waals surface area contributed by atoms with Crippen molar-refractivity contribution in [2.75, 3.05) is 27.3 Å². The SMILES string of the molecule is COc1cc(OC)cc(C(=O)NCc2ccc(S(=O)(=O)N3CCCCC3)cc2)c1. The van der Waals surface area contributed by atoms with Crippen LogP contribution in [0, 0.1) is 0 Å². The summed E-state index contributed by atoms with van der Waals surface area (Å²) in [6, 6.07) is 11.6. The molecule has 0 atom stereocenters. The van der Waals surface area contributed by atoms with Gasteiger partial charge in [0.25, 0.3) is 5.91 Å². The van der Waals surface area contributed by atoms with Crippen LogP contribution in [0.15, 0.2) is 47.4 Å². The number of ether oxygens (including phenoxy) is 2. The lowest BCUT2D eigenvalue weighted by Gasteiger charge is -2.25. The van der Waals surface area contributed by atoms with Crippen molar-refractivity contribution in [3.63, 3.8) is 0 Å². The summed E-state index contributed by atoms with van der Waals surface area (Å²) >= 11 is 0. The lowest BCUT2D eigenvalue weighted by Crippen LogP contribution is -2.35. The molecule has 2 aromatic carbocycles. The fourth-order valence-corrected chi connectivity index (χ4v) is 4.77. The molecule has 156 valence electrons. The minimum absolute atomic E-state index is 0.271. The van der Waals surface area contributed by atoms with E-state index in [9.17, 15) is 13.2 Å². The smallest absolute Gasteiger partial charge is 0.251 e. The van der Waals surface area contributed by atoms with E-state index in [1.54, 1.807) is 46.8 Å². The highest BCUT2D eigenvalue weighted by atomic mass is 32.2. The van der Waals surface area contributed by atoms with Crippen LogP contribution in [0.3, 0.4) is 0 Å². The van der Waals surface area contributed by atoms with E-state index >= 15 is 0 Å². The number of nitrogens with one attached hydrogen (secondary N) is 1. The van der Waals surface area contributed by atoms with Crippen molar-refractivity contribution in [3.8, 4) is 11.5 Å². The quantitative estimate of drug-likeness (QED) is 0.747. The van der Waals surface area contributed by atoms with Crippen LogP contribution in [-0.4, -0.2) is 45.9 Å². The normalized spacial score (nSPS) is 15.0. The van der Waals surface area contributed by atoms with E-state index in [2.05, 4.69) is 5.32 Å². The first-order valence-electron chi connectivity index (χ1n) is 9.54. The van der Waals surface area contributed by atoms with Crippen LogP contribution in [0.1, 0.15) is 35.2 Å². The predicted octanol–water partition coefficient (Wildman–Crippen LogP) is 2.81. The van der Waals surface area contributed by atoms with Crippen molar-refractivity contribution >= 4 is 15.9 Å². The number of benzene rings is 2. The Labute approximate surface area is 171 Å². The van der Waals surface area contributed by atoms with Gasteiger partial charge in [0.1, 0.15) is 11.5 Å². The molecule has 1 amide bonds. The highest BCUT2D eigenvalue weighted by Gasteiger charge is 2.25. The lowest BCUT2D eigenvalue weighted by molar-refractivity contribution is 0.0950. The Balaban J connectivity index is 1.65. The summed E-state index contributed by atoms with van der Waals surface area (Å²) in [5.41, 5.74) is 1.23. The topological polar surface area (TPSA) is 84.9 Å². The molecule has 0 aromatic heterocycles. The molecule has 0 bridgehead atoms. The maximum absolute atomic E-state index is 12.7. The molecular weight excluding hydrogens is 392 g/mol. The fraction of sp³-hybridized carbons (Fsp3) is 0.381. The molecule has 1 aliphatic rings. The maximum Gasteiger partial charge on any atom is 0.251 e. The van der Waals surface area contributed by atoms with Gasteiger partial charge in [0, 0.05) is 31.3 Å². The summed E-state index contributed by atoms with van der Waals surface area (Å²) in [4.78, 5) is 12.7. The van der Waals surface area contributed by atoms with Crippen molar-refractivity contribution in [2.24, 2.45) is 0 Å². The van der Waals surface area contributed by atoms with Gasteiger partial charge in [-0.15, -0.1) is 0 Å². The van der Waals surface area contributed by atoms with Crippen LogP contribution in [0.2, 0.25) is 0 Å². The lowest BCUT2D eigenvalue weighted by atomic mass is 10.1. The largest absolute Gasteiger partial charge is 0.497 e. The zero-order valence-electron chi connectivity index (χ0n) is 16.7. The molecule has 0 spiro atoms. The second-order valence-corrected chi connectivity index (χ2v) is 8.83. The number of nitrogens with zero attached hydrogens (tertiary/aromatic N) is 1. The number of carbonyl (C=O) groups excluding carboxylic acids is 1. The van der Waals surface area contributed by atoms with E-state index in [4.69, 9.17) is 9.47 Å². The summed E-state index contributed by atoms with van der Waals surface area (Å²) in [6.45, 7) is 1.43. The summed E-state index contributed by atoms with van der Waals surface area (Å²) in [5, 5.41) is 2.83. The van der Waals surface area contributed by atoms with E-state index < -0.39 is 10.0 Å². The molecule has 0 aliphatic carbocycles. The van der Waals surface area contributed by atoms with Crippen molar-refractivity contribution < 1.29 is 22.7 Å². The predicted molar refractivity (Wildman–Crippen MR) is 110 cm³/mol. The number of amides is 1. The van der Waals surface area contributed by atoms with Gasteiger partial charge in [0.15, 0.2) is 0 Å². The fourth-order valence-electron chi connectivity index (χ4n) is 3.26. The van der Waals surface area contributed by atoms with Crippen molar-refractivity contribution in [3.05, 3.63) is 53.6 Å². The molecular formula is C21H26N2O5S. The molecule has 0 radical (unpaired) electrons. The zero-order valence-corrected chi connectivity index (χ0v) is 17.5. The Bertz CT molecular complexity index is 929. The van der Waals surface area contributed by atoms with Gasteiger partial charge in [-0.3, -0.25) is 4.79 Å². The third-order valence-corrected chi connectivity index (χ3v) is 6.86. The first-order chi connectivity index (χ1) is 13.9. The van der Waals surface area contributed by atoms with Crippen LogP contribution in [0.4, 0.5) is 0 Å². The van der Waals surface area contributed by atoms with Gasteiger partial charge in [0.2, 0.25) is 10.0 Å². The molecule has 2 aromatic rings. The standard InChI is InChI=1S/C21H26N2O5S/c1-27-18-12-17(13-19(14-18)28-2)21(24)22-15-16-6-8-20(9-7-16)29(25,26)23-10-4-3-5-11-23/h6-9,12-14H,3-5,10-11,15H2,1-2H3,(H,22,24). The summed E-state index contributed by atoms with van der Waals surface area (Å²) in [5.74, 6) is 0.788. The molecule has 0 unspecified atom stereocenters. The van der Waals surface area contributed by atoms with Crippen molar-refractivity contribution in [1.29, 1.82) is 0 Å². The Morgan fingerprint density at radius 2 is 1.55 bits per heavy atom. The van der Waals surface area contributed by atoms with E-state index in [-0.39, 0.29) is 17.3 Å². The molecule has 29 heavy (non-hydrogen) atoms. The third-order valence-electron chi connectivity index (χ3n) is 4.94. The number of sulfonamides is 1. The summed E-state index contributed by atoms with van der Waals surface area (Å²) in [6.07, 6.45) is 2.88. The molecule has 0 saturated carbocycles. The van der Waals surface area contributed by atoms with Gasteiger partial charge in [-0.1, -0.05) is 18.6 Å². The number of piperidine rings is 1. The molecule has 7 nitrogen and oxygen atoms in total. The Kier molecular flexibility index (Phi) is 6.76. The summed E-state index contributed by atoms with van der Waals surface area (Å²) in [7, 11) is -0.403. The van der Waals surface area contributed by atoms with E-state index in [1.807, 2.05) is 0 Å².